The maximum Gasteiger partial charge on any atom is 0.416 e. The number of carbonyl (C=O) groups excluding carboxylic acids is 2. The van der Waals surface area contributed by atoms with E-state index in [0.717, 1.165) is 34.9 Å². The Morgan fingerprint density at radius 2 is 1.81 bits per heavy atom. The third-order valence-corrected chi connectivity index (χ3v) is 4.55. The molecular weight excluding hydrogens is 305 g/mol. The topological polar surface area (TPSA) is 40.6 Å². The number of urea groups is 1. The number of amides is 3. The summed E-state index contributed by atoms with van der Waals surface area (Å²) in [6, 6.07) is 3.11. The Labute approximate surface area is 122 Å². The van der Waals surface area contributed by atoms with Crippen molar-refractivity contribution in [3.63, 3.8) is 0 Å². The Kier molecular flexibility index (Phi) is 3.35. The number of fused-ring (bicyclic) bond motifs is 1. The van der Waals surface area contributed by atoms with E-state index in [4.69, 9.17) is 0 Å². The molecule has 2 aliphatic heterocycles. The van der Waals surface area contributed by atoms with Crippen molar-refractivity contribution in [2.24, 2.45) is 0 Å². The number of benzene rings is 1. The molecule has 2 saturated heterocycles. The van der Waals surface area contributed by atoms with Crippen LogP contribution in [-0.4, -0.2) is 40.9 Å². The van der Waals surface area contributed by atoms with Crippen LogP contribution in [0.2, 0.25) is 0 Å². The monoisotopic (exact) mass is 316 g/mol. The SMILES string of the molecule is O=C1C2CSCCN2C(=O)N1c1ccc(C(F)(F)F)cc1. The predicted molar refractivity (Wildman–Crippen MR) is 72.1 cm³/mol. The summed E-state index contributed by atoms with van der Waals surface area (Å²) in [6.45, 7) is 0.483. The number of carbonyl (C=O) groups is 2. The van der Waals surface area contributed by atoms with E-state index >= 15 is 0 Å². The quantitative estimate of drug-likeness (QED) is 0.748. The van der Waals surface area contributed by atoms with Gasteiger partial charge in [-0.15, -0.1) is 0 Å². The highest BCUT2D eigenvalue weighted by Crippen LogP contribution is 2.33. The van der Waals surface area contributed by atoms with E-state index < -0.39 is 23.8 Å². The molecule has 2 fully saturated rings. The van der Waals surface area contributed by atoms with Crippen LogP contribution in [-0.2, 0) is 11.0 Å². The minimum Gasteiger partial charge on any atom is -0.310 e. The number of anilines is 1. The first-order chi connectivity index (χ1) is 9.89. The molecule has 1 unspecified atom stereocenters. The number of imide groups is 1. The van der Waals surface area contributed by atoms with E-state index in [1.807, 2.05) is 0 Å². The van der Waals surface area contributed by atoms with Gasteiger partial charge in [-0.1, -0.05) is 0 Å². The number of rotatable bonds is 1. The number of nitrogens with zero attached hydrogens (tertiary/aromatic N) is 2. The summed E-state index contributed by atoms with van der Waals surface area (Å²) < 4.78 is 37.6. The second-order valence-electron chi connectivity index (χ2n) is 4.78. The fraction of sp³-hybridized carbons (Fsp3) is 0.385. The Morgan fingerprint density at radius 3 is 2.38 bits per heavy atom. The zero-order valence-corrected chi connectivity index (χ0v) is 11.6. The first kappa shape index (κ1) is 14.2. The fourth-order valence-electron chi connectivity index (χ4n) is 2.45. The van der Waals surface area contributed by atoms with E-state index in [-0.39, 0.29) is 11.6 Å². The highest BCUT2D eigenvalue weighted by Gasteiger charge is 2.47. The zero-order valence-electron chi connectivity index (χ0n) is 10.8. The molecule has 4 nitrogen and oxygen atoms in total. The van der Waals surface area contributed by atoms with Crippen molar-refractivity contribution >= 4 is 29.4 Å². The van der Waals surface area contributed by atoms with Gasteiger partial charge in [0, 0.05) is 18.1 Å². The molecule has 112 valence electrons. The van der Waals surface area contributed by atoms with Gasteiger partial charge in [0.1, 0.15) is 6.04 Å². The average Bonchev–Trinajstić information content (AvgIpc) is 2.71. The molecule has 3 rings (SSSR count). The first-order valence-corrected chi connectivity index (χ1v) is 7.44. The van der Waals surface area contributed by atoms with Gasteiger partial charge >= 0.3 is 12.2 Å². The third kappa shape index (κ3) is 2.37. The summed E-state index contributed by atoms with van der Waals surface area (Å²) in [5, 5.41) is 0. The van der Waals surface area contributed by atoms with Crippen LogP contribution in [0.5, 0.6) is 0 Å². The number of halogens is 3. The molecule has 1 atom stereocenters. The fourth-order valence-corrected chi connectivity index (χ4v) is 3.48. The number of hydrogen-bond acceptors (Lipinski definition) is 3. The average molecular weight is 316 g/mol. The second kappa shape index (κ2) is 4.94. The molecule has 2 aliphatic rings. The standard InChI is InChI=1S/C13H11F3N2O2S/c14-13(15,16)8-1-3-9(4-2-8)18-11(19)10-7-21-6-5-17(10)12(18)20/h1-4,10H,5-7H2. The lowest BCUT2D eigenvalue weighted by Crippen LogP contribution is -2.41. The Balaban J connectivity index is 1.90. The summed E-state index contributed by atoms with van der Waals surface area (Å²) in [4.78, 5) is 26.9. The van der Waals surface area contributed by atoms with Gasteiger partial charge in [0.25, 0.3) is 5.91 Å². The first-order valence-electron chi connectivity index (χ1n) is 6.29. The lowest BCUT2D eigenvalue weighted by atomic mass is 10.2. The van der Waals surface area contributed by atoms with Crippen molar-refractivity contribution in [2.45, 2.75) is 12.2 Å². The molecule has 0 saturated carbocycles. The maximum absolute atomic E-state index is 12.5. The maximum atomic E-state index is 12.5. The highest BCUT2D eigenvalue weighted by atomic mass is 32.2. The summed E-state index contributed by atoms with van der Waals surface area (Å²) in [7, 11) is 0. The van der Waals surface area contributed by atoms with Gasteiger partial charge in [-0.3, -0.25) is 4.79 Å². The van der Waals surface area contributed by atoms with E-state index in [1.165, 1.54) is 4.90 Å². The summed E-state index contributed by atoms with van der Waals surface area (Å²) >= 11 is 1.59. The van der Waals surface area contributed by atoms with Gasteiger partial charge in [0.2, 0.25) is 0 Å². The molecular formula is C13H11F3N2O2S. The van der Waals surface area contributed by atoms with Crippen molar-refractivity contribution in [3.8, 4) is 0 Å². The molecule has 2 heterocycles. The molecule has 0 bridgehead atoms. The molecule has 8 heteroatoms. The van der Waals surface area contributed by atoms with Crippen LogP contribution in [0.3, 0.4) is 0 Å². The van der Waals surface area contributed by atoms with E-state index in [0.29, 0.717) is 12.3 Å². The largest absolute Gasteiger partial charge is 0.416 e. The van der Waals surface area contributed by atoms with Gasteiger partial charge in [0.15, 0.2) is 0 Å². The van der Waals surface area contributed by atoms with Crippen LogP contribution < -0.4 is 4.90 Å². The number of thioether (sulfide) groups is 1. The van der Waals surface area contributed by atoms with Crippen molar-refractivity contribution in [1.82, 2.24) is 4.90 Å². The van der Waals surface area contributed by atoms with E-state index in [1.54, 1.807) is 11.8 Å². The minimum atomic E-state index is -4.44. The van der Waals surface area contributed by atoms with E-state index in [9.17, 15) is 22.8 Å². The van der Waals surface area contributed by atoms with Gasteiger partial charge in [-0.2, -0.15) is 24.9 Å². The van der Waals surface area contributed by atoms with Gasteiger partial charge in [-0.25, -0.2) is 9.69 Å². The second-order valence-corrected chi connectivity index (χ2v) is 5.93. The van der Waals surface area contributed by atoms with Crippen LogP contribution in [0.15, 0.2) is 24.3 Å². The van der Waals surface area contributed by atoms with Crippen molar-refractivity contribution in [3.05, 3.63) is 29.8 Å². The normalized spacial score (nSPS) is 22.7. The lowest BCUT2D eigenvalue weighted by Gasteiger charge is -2.25. The molecule has 3 amide bonds. The number of alkyl halides is 3. The Morgan fingerprint density at radius 1 is 1.14 bits per heavy atom. The summed E-state index contributed by atoms with van der Waals surface area (Å²) in [5.74, 6) is 0.921. The third-order valence-electron chi connectivity index (χ3n) is 3.52. The van der Waals surface area contributed by atoms with Crippen LogP contribution in [0, 0.1) is 0 Å². The summed E-state index contributed by atoms with van der Waals surface area (Å²) in [6.07, 6.45) is -4.44. The molecule has 1 aromatic rings. The van der Waals surface area contributed by atoms with Crippen LogP contribution in [0.1, 0.15) is 5.56 Å². The molecule has 0 aliphatic carbocycles. The van der Waals surface area contributed by atoms with Crippen LogP contribution in [0.25, 0.3) is 0 Å². The molecule has 0 radical (unpaired) electrons. The van der Waals surface area contributed by atoms with Crippen molar-refractivity contribution in [2.75, 3.05) is 23.0 Å². The van der Waals surface area contributed by atoms with E-state index in [2.05, 4.69) is 0 Å². The summed E-state index contributed by atoms with van der Waals surface area (Å²) in [5.41, 5.74) is -0.629. The molecule has 0 N–H and O–H groups in total. The van der Waals surface area contributed by atoms with Gasteiger partial charge < -0.3 is 4.90 Å². The van der Waals surface area contributed by atoms with Gasteiger partial charge in [-0.05, 0) is 24.3 Å². The van der Waals surface area contributed by atoms with Crippen LogP contribution >= 0.6 is 11.8 Å². The van der Waals surface area contributed by atoms with Crippen molar-refractivity contribution in [1.29, 1.82) is 0 Å². The van der Waals surface area contributed by atoms with Gasteiger partial charge in [0.05, 0.1) is 11.3 Å². The predicted octanol–water partition coefficient (Wildman–Crippen LogP) is 2.59. The highest BCUT2D eigenvalue weighted by molar-refractivity contribution is 7.99. The minimum absolute atomic E-state index is 0.178. The zero-order chi connectivity index (χ0) is 15.2. The number of hydrogen-bond donors (Lipinski definition) is 0. The lowest BCUT2D eigenvalue weighted by molar-refractivity contribution is -0.137. The Hall–Kier alpha value is -1.70. The van der Waals surface area contributed by atoms with Crippen molar-refractivity contribution < 1.29 is 22.8 Å². The molecule has 21 heavy (non-hydrogen) atoms. The smallest absolute Gasteiger partial charge is 0.310 e. The van der Waals surface area contributed by atoms with Crippen LogP contribution in [0.4, 0.5) is 23.7 Å². The molecule has 0 spiro atoms. The molecule has 0 aromatic heterocycles. The molecule has 1 aromatic carbocycles. The Bertz CT molecular complexity index is 564.